The molecule has 5 heteroatoms. The van der Waals surface area contributed by atoms with Crippen molar-refractivity contribution in [2.75, 3.05) is 13.6 Å². The first-order chi connectivity index (χ1) is 10.2. The van der Waals surface area contributed by atoms with Gasteiger partial charge in [0.05, 0.1) is 6.04 Å². The van der Waals surface area contributed by atoms with Gasteiger partial charge in [0.25, 0.3) is 0 Å². The van der Waals surface area contributed by atoms with E-state index in [1.54, 1.807) is 11.3 Å². The number of amides is 1. The van der Waals surface area contributed by atoms with Crippen LogP contribution in [0.25, 0.3) is 0 Å². The van der Waals surface area contributed by atoms with Gasteiger partial charge in [0, 0.05) is 25.0 Å². The molecule has 1 unspecified atom stereocenters. The van der Waals surface area contributed by atoms with Crippen molar-refractivity contribution >= 4 is 29.7 Å². The van der Waals surface area contributed by atoms with Crippen molar-refractivity contribution in [3.05, 3.63) is 57.8 Å². The number of thiophene rings is 1. The number of likely N-dealkylation sites (N-methyl/N-ethyl adjacent to an activating group) is 1. The van der Waals surface area contributed by atoms with Crippen molar-refractivity contribution < 1.29 is 4.79 Å². The second-order valence-electron chi connectivity index (χ2n) is 5.50. The molecule has 0 saturated heterocycles. The van der Waals surface area contributed by atoms with Crippen LogP contribution in [0, 0.1) is 0 Å². The summed E-state index contributed by atoms with van der Waals surface area (Å²) in [4.78, 5) is 15.7. The molecule has 22 heavy (non-hydrogen) atoms. The number of halogens is 1. The van der Waals surface area contributed by atoms with Crippen molar-refractivity contribution in [3.63, 3.8) is 0 Å². The molecule has 3 nitrogen and oxygen atoms in total. The highest BCUT2D eigenvalue weighted by Crippen LogP contribution is 2.17. The molecule has 1 aromatic carbocycles. The molecule has 2 heterocycles. The van der Waals surface area contributed by atoms with Crippen LogP contribution in [0.4, 0.5) is 0 Å². The lowest BCUT2D eigenvalue weighted by atomic mass is 9.95. The molecular weight excluding hydrogens is 316 g/mol. The first-order valence-corrected chi connectivity index (χ1v) is 8.19. The number of benzene rings is 1. The lowest BCUT2D eigenvalue weighted by Crippen LogP contribution is -2.48. The van der Waals surface area contributed by atoms with Gasteiger partial charge in [-0.15, -0.1) is 23.7 Å². The van der Waals surface area contributed by atoms with E-state index in [-0.39, 0.29) is 24.4 Å². The Morgan fingerprint density at radius 1 is 1.27 bits per heavy atom. The fourth-order valence-electron chi connectivity index (χ4n) is 2.74. The molecule has 0 aliphatic carbocycles. The average Bonchev–Trinajstić information content (AvgIpc) is 3.05. The zero-order chi connectivity index (χ0) is 14.7. The van der Waals surface area contributed by atoms with E-state index in [9.17, 15) is 4.79 Å². The van der Waals surface area contributed by atoms with Crippen LogP contribution in [0.2, 0.25) is 0 Å². The molecule has 118 valence electrons. The predicted molar refractivity (Wildman–Crippen MR) is 93.7 cm³/mol. The van der Waals surface area contributed by atoms with Crippen LogP contribution in [0.15, 0.2) is 41.8 Å². The molecule has 0 saturated carbocycles. The molecule has 0 spiro atoms. The summed E-state index contributed by atoms with van der Waals surface area (Å²) < 4.78 is 0. The monoisotopic (exact) mass is 336 g/mol. The number of hydrogen-bond donors (Lipinski definition) is 1. The Hall–Kier alpha value is -1.36. The summed E-state index contributed by atoms with van der Waals surface area (Å²) in [6, 6.07) is 12.4. The van der Waals surface area contributed by atoms with Crippen LogP contribution in [-0.2, 0) is 24.2 Å². The number of carbonyl (C=O) groups excluding carboxylic acids is 1. The zero-order valence-electron chi connectivity index (χ0n) is 12.6. The van der Waals surface area contributed by atoms with Gasteiger partial charge in [0.2, 0.25) is 5.91 Å². The van der Waals surface area contributed by atoms with Gasteiger partial charge in [-0.05, 0) is 35.4 Å². The van der Waals surface area contributed by atoms with Gasteiger partial charge in [-0.1, -0.05) is 30.3 Å². The first-order valence-electron chi connectivity index (χ1n) is 7.31. The minimum absolute atomic E-state index is 0. The molecule has 1 N–H and O–H groups in total. The number of nitrogens with zero attached hydrogens (tertiary/aromatic N) is 1. The van der Waals surface area contributed by atoms with E-state index >= 15 is 0 Å². The third-order valence-corrected chi connectivity index (χ3v) is 4.97. The molecule has 1 aliphatic rings. The fourth-order valence-corrected chi connectivity index (χ4v) is 3.44. The Morgan fingerprint density at radius 2 is 2.05 bits per heavy atom. The van der Waals surface area contributed by atoms with Gasteiger partial charge in [0.1, 0.15) is 0 Å². The lowest BCUT2D eigenvalue weighted by molar-refractivity contribution is -0.132. The van der Waals surface area contributed by atoms with E-state index in [1.165, 1.54) is 16.0 Å². The maximum atomic E-state index is 12.5. The van der Waals surface area contributed by atoms with Crippen LogP contribution >= 0.6 is 23.7 Å². The number of fused-ring (bicyclic) bond motifs is 1. The van der Waals surface area contributed by atoms with E-state index in [2.05, 4.69) is 41.0 Å². The van der Waals surface area contributed by atoms with E-state index in [1.807, 2.05) is 18.0 Å². The quantitative estimate of drug-likeness (QED) is 0.931. The third kappa shape index (κ3) is 3.88. The van der Waals surface area contributed by atoms with Gasteiger partial charge < -0.3 is 10.2 Å². The van der Waals surface area contributed by atoms with Gasteiger partial charge in [-0.25, -0.2) is 0 Å². The molecule has 1 aromatic heterocycles. The second kappa shape index (κ2) is 7.77. The highest BCUT2D eigenvalue weighted by atomic mass is 35.5. The molecule has 0 radical (unpaired) electrons. The van der Waals surface area contributed by atoms with Gasteiger partial charge >= 0.3 is 0 Å². The molecule has 1 aliphatic heterocycles. The maximum absolute atomic E-state index is 12.5. The topological polar surface area (TPSA) is 32.3 Å². The standard InChI is InChI=1S/C17H20N2OS.ClH/c1-19(9-8-15-7-4-10-21-15)17(20)16-11-13-5-2-3-6-14(13)12-18-16;/h2-7,10,16,18H,8-9,11-12H2,1H3;1H. The van der Waals surface area contributed by atoms with E-state index in [4.69, 9.17) is 0 Å². The summed E-state index contributed by atoms with van der Waals surface area (Å²) in [5.74, 6) is 0.195. The number of nitrogens with one attached hydrogen (secondary N) is 1. The van der Waals surface area contributed by atoms with Crippen molar-refractivity contribution in [2.45, 2.75) is 25.4 Å². The molecular formula is C17H21ClN2OS. The van der Waals surface area contributed by atoms with Gasteiger partial charge in [0.15, 0.2) is 0 Å². The minimum atomic E-state index is -0.0896. The summed E-state index contributed by atoms with van der Waals surface area (Å²) in [5.41, 5.74) is 2.60. The Balaban J connectivity index is 0.00000176. The largest absolute Gasteiger partial charge is 0.344 e. The zero-order valence-corrected chi connectivity index (χ0v) is 14.3. The van der Waals surface area contributed by atoms with E-state index < -0.39 is 0 Å². The number of rotatable bonds is 4. The van der Waals surface area contributed by atoms with Crippen LogP contribution in [0.5, 0.6) is 0 Å². The van der Waals surface area contributed by atoms with Gasteiger partial charge in [-0.3, -0.25) is 4.79 Å². The van der Waals surface area contributed by atoms with Crippen molar-refractivity contribution in [1.82, 2.24) is 10.2 Å². The van der Waals surface area contributed by atoms with Crippen molar-refractivity contribution in [2.24, 2.45) is 0 Å². The Bertz CT molecular complexity index is 615. The average molecular weight is 337 g/mol. The summed E-state index contributed by atoms with van der Waals surface area (Å²) in [6.45, 7) is 1.56. The normalized spacial score (nSPS) is 16.5. The van der Waals surface area contributed by atoms with Crippen molar-refractivity contribution in [1.29, 1.82) is 0 Å². The molecule has 1 atom stereocenters. The summed E-state index contributed by atoms with van der Waals surface area (Å²) in [6.07, 6.45) is 1.72. The van der Waals surface area contributed by atoms with Gasteiger partial charge in [-0.2, -0.15) is 0 Å². The molecule has 2 aromatic rings. The maximum Gasteiger partial charge on any atom is 0.239 e. The first kappa shape index (κ1) is 17.0. The molecule has 3 rings (SSSR count). The SMILES string of the molecule is CN(CCc1cccs1)C(=O)C1Cc2ccccc2CN1.Cl. The highest BCUT2D eigenvalue weighted by Gasteiger charge is 2.26. The van der Waals surface area contributed by atoms with Crippen molar-refractivity contribution in [3.8, 4) is 0 Å². The second-order valence-corrected chi connectivity index (χ2v) is 6.53. The third-order valence-electron chi connectivity index (χ3n) is 4.03. The Labute approximate surface area is 141 Å². The smallest absolute Gasteiger partial charge is 0.239 e. The Morgan fingerprint density at radius 3 is 2.77 bits per heavy atom. The number of hydrogen-bond acceptors (Lipinski definition) is 3. The number of carbonyl (C=O) groups is 1. The van der Waals surface area contributed by atoms with Crippen LogP contribution in [0.1, 0.15) is 16.0 Å². The lowest BCUT2D eigenvalue weighted by Gasteiger charge is -2.29. The van der Waals surface area contributed by atoms with Crippen LogP contribution < -0.4 is 5.32 Å². The summed E-state index contributed by atoms with van der Waals surface area (Å²) in [5, 5.41) is 5.44. The van der Waals surface area contributed by atoms with Crippen LogP contribution in [-0.4, -0.2) is 30.4 Å². The highest BCUT2D eigenvalue weighted by molar-refractivity contribution is 7.09. The molecule has 0 bridgehead atoms. The Kier molecular flexibility index (Phi) is 6.00. The fraction of sp³-hybridized carbons (Fsp3) is 0.353. The minimum Gasteiger partial charge on any atom is -0.344 e. The van der Waals surface area contributed by atoms with E-state index in [0.29, 0.717) is 0 Å². The van der Waals surface area contributed by atoms with E-state index in [0.717, 1.165) is 25.9 Å². The summed E-state index contributed by atoms with van der Waals surface area (Å²) in [7, 11) is 1.90. The molecule has 0 fully saturated rings. The molecule has 1 amide bonds. The van der Waals surface area contributed by atoms with Crippen LogP contribution in [0.3, 0.4) is 0 Å². The summed E-state index contributed by atoms with van der Waals surface area (Å²) >= 11 is 1.75. The predicted octanol–water partition coefficient (Wildman–Crippen LogP) is 2.89.